The molecule has 0 aromatic rings. The molecule has 1 unspecified atom stereocenters. The van der Waals surface area contributed by atoms with E-state index in [4.69, 9.17) is 0 Å². The Labute approximate surface area is 75.7 Å². The third kappa shape index (κ3) is 4.49. The van der Waals surface area contributed by atoms with Gasteiger partial charge in [0.1, 0.15) is 0 Å². The van der Waals surface area contributed by atoms with Crippen molar-refractivity contribution in [1.82, 2.24) is 5.32 Å². The SMILES string of the molecule is C=CC(C)(C)CC(C)(S)NC. The maximum absolute atomic E-state index is 4.48. The largest absolute Gasteiger partial charge is 0.306 e. The van der Waals surface area contributed by atoms with Crippen LogP contribution in [0.25, 0.3) is 0 Å². The number of hydrogen-bond donors (Lipinski definition) is 2. The van der Waals surface area contributed by atoms with Crippen molar-refractivity contribution in [1.29, 1.82) is 0 Å². The summed E-state index contributed by atoms with van der Waals surface area (Å²) in [6.45, 7) is 10.2. The highest BCUT2D eigenvalue weighted by atomic mass is 32.1. The van der Waals surface area contributed by atoms with E-state index in [0.29, 0.717) is 0 Å². The van der Waals surface area contributed by atoms with Crippen LogP contribution in [0.1, 0.15) is 27.2 Å². The fourth-order valence-corrected chi connectivity index (χ4v) is 1.46. The second-order valence-corrected chi connectivity index (χ2v) is 4.88. The minimum atomic E-state index is -0.0995. The second kappa shape index (κ2) is 3.63. The van der Waals surface area contributed by atoms with E-state index in [0.717, 1.165) is 6.42 Å². The quantitative estimate of drug-likeness (QED) is 0.378. The molecule has 0 heterocycles. The summed E-state index contributed by atoms with van der Waals surface area (Å²) >= 11 is 4.48. The Morgan fingerprint density at radius 3 is 2.18 bits per heavy atom. The van der Waals surface area contributed by atoms with Crippen LogP contribution in [0.4, 0.5) is 0 Å². The van der Waals surface area contributed by atoms with E-state index in [1.54, 1.807) is 0 Å². The number of rotatable bonds is 4. The van der Waals surface area contributed by atoms with Crippen LogP contribution in [0.3, 0.4) is 0 Å². The Bertz CT molecular complexity index is 138. The van der Waals surface area contributed by atoms with Crippen LogP contribution in [0, 0.1) is 5.41 Å². The highest BCUT2D eigenvalue weighted by molar-refractivity contribution is 7.81. The van der Waals surface area contributed by atoms with Crippen molar-refractivity contribution in [2.45, 2.75) is 32.1 Å². The zero-order valence-corrected chi connectivity index (χ0v) is 8.83. The maximum Gasteiger partial charge on any atom is 0.0592 e. The lowest BCUT2D eigenvalue weighted by atomic mass is 9.86. The van der Waals surface area contributed by atoms with Crippen LogP contribution in [-0.2, 0) is 0 Å². The monoisotopic (exact) mass is 173 g/mol. The number of allylic oxidation sites excluding steroid dienone is 1. The molecule has 0 aliphatic rings. The molecule has 1 atom stereocenters. The number of thiol groups is 1. The number of nitrogens with one attached hydrogen (secondary N) is 1. The van der Waals surface area contributed by atoms with Gasteiger partial charge in [-0.1, -0.05) is 19.9 Å². The first-order valence-electron chi connectivity index (χ1n) is 3.88. The molecular formula is C9H19NS. The van der Waals surface area contributed by atoms with Gasteiger partial charge in [-0.25, -0.2) is 0 Å². The van der Waals surface area contributed by atoms with Crippen LogP contribution in [0.15, 0.2) is 12.7 Å². The van der Waals surface area contributed by atoms with Crippen molar-refractivity contribution in [2.24, 2.45) is 5.41 Å². The van der Waals surface area contributed by atoms with Gasteiger partial charge in [-0.05, 0) is 25.8 Å². The molecule has 66 valence electrons. The van der Waals surface area contributed by atoms with Gasteiger partial charge in [0.05, 0.1) is 4.87 Å². The zero-order chi connectivity index (χ0) is 9.12. The topological polar surface area (TPSA) is 12.0 Å². The second-order valence-electron chi connectivity index (χ2n) is 3.89. The van der Waals surface area contributed by atoms with E-state index >= 15 is 0 Å². The highest BCUT2D eigenvalue weighted by Crippen LogP contribution is 2.30. The molecule has 0 fully saturated rings. The molecule has 2 heteroatoms. The summed E-state index contributed by atoms with van der Waals surface area (Å²) in [6.07, 6.45) is 2.95. The molecule has 1 nitrogen and oxygen atoms in total. The van der Waals surface area contributed by atoms with Crippen LogP contribution >= 0.6 is 12.6 Å². The lowest BCUT2D eigenvalue weighted by Gasteiger charge is -2.31. The molecule has 1 N–H and O–H groups in total. The molecule has 0 spiro atoms. The van der Waals surface area contributed by atoms with Crippen molar-refractivity contribution in [3.63, 3.8) is 0 Å². The zero-order valence-electron chi connectivity index (χ0n) is 7.94. The molecule has 0 amide bonds. The van der Waals surface area contributed by atoms with Gasteiger partial charge in [-0.2, -0.15) is 12.6 Å². The van der Waals surface area contributed by atoms with Gasteiger partial charge >= 0.3 is 0 Å². The molecule has 0 radical (unpaired) electrons. The van der Waals surface area contributed by atoms with E-state index in [2.05, 4.69) is 45.3 Å². The minimum Gasteiger partial charge on any atom is -0.306 e. The maximum atomic E-state index is 4.48. The summed E-state index contributed by atoms with van der Waals surface area (Å²) in [5, 5.41) is 3.15. The summed E-state index contributed by atoms with van der Waals surface area (Å²) in [5.74, 6) is 0. The first kappa shape index (κ1) is 11.1. The van der Waals surface area contributed by atoms with E-state index in [-0.39, 0.29) is 10.3 Å². The van der Waals surface area contributed by atoms with Crippen molar-refractivity contribution in [3.8, 4) is 0 Å². The van der Waals surface area contributed by atoms with E-state index in [1.807, 2.05) is 13.1 Å². The van der Waals surface area contributed by atoms with Gasteiger partial charge in [0, 0.05) is 0 Å². The van der Waals surface area contributed by atoms with Gasteiger partial charge in [0.25, 0.3) is 0 Å². The van der Waals surface area contributed by atoms with Crippen molar-refractivity contribution in [2.75, 3.05) is 7.05 Å². The van der Waals surface area contributed by atoms with Crippen LogP contribution in [-0.4, -0.2) is 11.9 Å². The average molecular weight is 173 g/mol. The summed E-state index contributed by atoms with van der Waals surface area (Å²) < 4.78 is 0. The predicted octanol–water partition coefficient (Wildman–Crippen LogP) is 2.45. The number of hydrogen-bond acceptors (Lipinski definition) is 2. The van der Waals surface area contributed by atoms with Crippen LogP contribution < -0.4 is 5.32 Å². The molecule has 0 aromatic carbocycles. The summed E-state index contributed by atoms with van der Waals surface area (Å²) in [7, 11) is 1.92. The van der Waals surface area contributed by atoms with Crippen LogP contribution in [0.2, 0.25) is 0 Å². The Kier molecular flexibility index (Phi) is 3.65. The predicted molar refractivity (Wildman–Crippen MR) is 55.0 cm³/mol. The van der Waals surface area contributed by atoms with Crippen molar-refractivity contribution < 1.29 is 0 Å². The molecule has 11 heavy (non-hydrogen) atoms. The lowest BCUT2D eigenvalue weighted by molar-refractivity contribution is 0.351. The smallest absolute Gasteiger partial charge is 0.0592 e. The van der Waals surface area contributed by atoms with Crippen molar-refractivity contribution in [3.05, 3.63) is 12.7 Å². The highest BCUT2D eigenvalue weighted by Gasteiger charge is 2.25. The van der Waals surface area contributed by atoms with Gasteiger partial charge in [-0.15, -0.1) is 6.58 Å². The Balaban J connectivity index is 4.12. The van der Waals surface area contributed by atoms with E-state index in [9.17, 15) is 0 Å². The minimum absolute atomic E-state index is 0.0995. The molecular weight excluding hydrogens is 154 g/mol. The Morgan fingerprint density at radius 2 is 1.91 bits per heavy atom. The molecule has 0 aliphatic carbocycles. The standard InChI is InChI=1S/C9H19NS/c1-6-8(2,3)7-9(4,11)10-5/h6,10-11H,1,7H2,2-5H3. The van der Waals surface area contributed by atoms with Gasteiger partial charge in [0.2, 0.25) is 0 Å². The fraction of sp³-hybridized carbons (Fsp3) is 0.778. The molecule has 0 aliphatic heterocycles. The Hall–Kier alpha value is 0.0500. The van der Waals surface area contributed by atoms with Gasteiger partial charge in [0.15, 0.2) is 0 Å². The van der Waals surface area contributed by atoms with E-state index in [1.165, 1.54) is 0 Å². The molecule has 0 aromatic heterocycles. The first-order valence-corrected chi connectivity index (χ1v) is 4.32. The summed E-state index contributed by atoms with van der Waals surface area (Å²) in [6, 6.07) is 0. The molecule has 0 saturated carbocycles. The fourth-order valence-electron chi connectivity index (χ4n) is 1.05. The third-order valence-electron chi connectivity index (χ3n) is 1.89. The normalized spacial score (nSPS) is 17.5. The summed E-state index contributed by atoms with van der Waals surface area (Å²) in [4.78, 5) is -0.0995. The Morgan fingerprint density at radius 1 is 1.45 bits per heavy atom. The molecule has 0 bridgehead atoms. The van der Waals surface area contributed by atoms with Crippen molar-refractivity contribution >= 4 is 12.6 Å². The lowest BCUT2D eigenvalue weighted by Crippen LogP contribution is -2.37. The summed E-state index contributed by atoms with van der Waals surface area (Å²) in [5.41, 5.74) is 0.152. The average Bonchev–Trinajstić information content (AvgIpc) is 1.86. The molecule has 0 saturated heterocycles. The van der Waals surface area contributed by atoms with Gasteiger partial charge in [-0.3, -0.25) is 0 Å². The first-order chi connectivity index (χ1) is 4.83. The van der Waals surface area contributed by atoms with E-state index < -0.39 is 0 Å². The third-order valence-corrected chi connectivity index (χ3v) is 2.27. The van der Waals surface area contributed by atoms with Gasteiger partial charge < -0.3 is 5.32 Å². The van der Waals surface area contributed by atoms with Crippen LogP contribution in [0.5, 0.6) is 0 Å². The molecule has 0 rings (SSSR count).